The minimum Gasteiger partial charge on any atom is -0.467 e. The van der Waals surface area contributed by atoms with Gasteiger partial charge in [-0.05, 0) is 32.8 Å². The summed E-state index contributed by atoms with van der Waals surface area (Å²) >= 11 is 0. The van der Waals surface area contributed by atoms with E-state index in [2.05, 4.69) is 23.8 Å². The molecule has 7 nitrogen and oxygen atoms in total. The maximum Gasteiger partial charge on any atom is 0.408 e. The van der Waals surface area contributed by atoms with Crippen molar-refractivity contribution in [1.82, 2.24) is 10.6 Å². The van der Waals surface area contributed by atoms with E-state index in [1.807, 2.05) is 30.3 Å². The van der Waals surface area contributed by atoms with Gasteiger partial charge in [-0.25, -0.2) is 9.59 Å². The maximum atomic E-state index is 13.1. The summed E-state index contributed by atoms with van der Waals surface area (Å²) in [7, 11) is 1.23. The van der Waals surface area contributed by atoms with Crippen molar-refractivity contribution in [3.8, 4) is 0 Å². The van der Waals surface area contributed by atoms with E-state index in [9.17, 15) is 14.4 Å². The first-order valence-electron chi connectivity index (χ1n) is 9.29. The Kier molecular flexibility index (Phi) is 9.12. The summed E-state index contributed by atoms with van der Waals surface area (Å²) in [6, 6.07) is 7.16. The molecule has 0 bridgehead atoms. The van der Waals surface area contributed by atoms with E-state index in [0.717, 1.165) is 5.56 Å². The number of carbonyl (C=O) groups excluding carboxylic acids is 3. The average Bonchev–Trinajstić information content (AvgIpc) is 2.66. The number of ether oxygens (including phenoxy) is 2. The summed E-state index contributed by atoms with van der Waals surface area (Å²) in [6.45, 7) is 12.6. The molecule has 2 N–H and O–H groups in total. The number of methoxy groups -OCH3 is 1. The highest BCUT2D eigenvalue weighted by Crippen LogP contribution is 2.22. The first-order valence-corrected chi connectivity index (χ1v) is 9.29. The van der Waals surface area contributed by atoms with Crippen molar-refractivity contribution in [2.75, 3.05) is 7.11 Å². The second-order valence-electron chi connectivity index (χ2n) is 7.40. The van der Waals surface area contributed by atoms with Crippen molar-refractivity contribution >= 4 is 18.0 Å². The van der Waals surface area contributed by atoms with Gasteiger partial charge >= 0.3 is 12.1 Å². The summed E-state index contributed by atoms with van der Waals surface area (Å²) in [5, 5.41) is 5.22. The van der Waals surface area contributed by atoms with Gasteiger partial charge in [0.1, 0.15) is 17.7 Å². The van der Waals surface area contributed by atoms with Crippen molar-refractivity contribution in [1.29, 1.82) is 0 Å². The minimum atomic E-state index is -1.05. The third kappa shape index (κ3) is 7.81. The molecule has 0 aliphatic heterocycles. The Morgan fingerprint density at radius 2 is 1.72 bits per heavy atom. The molecular formula is C22H30N2O5. The topological polar surface area (TPSA) is 93.7 Å². The van der Waals surface area contributed by atoms with E-state index in [1.165, 1.54) is 13.2 Å². The first kappa shape index (κ1) is 23.9. The lowest BCUT2D eigenvalue weighted by molar-refractivity contribution is -0.145. The first-order chi connectivity index (χ1) is 13.6. The van der Waals surface area contributed by atoms with Crippen LogP contribution in [0.3, 0.4) is 0 Å². The van der Waals surface area contributed by atoms with Gasteiger partial charge in [0.15, 0.2) is 0 Å². The molecule has 2 amide bonds. The number of hydrogen-bond donors (Lipinski definition) is 2. The van der Waals surface area contributed by atoms with Crippen LogP contribution < -0.4 is 10.6 Å². The van der Waals surface area contributed by atoms with E-state index in [1.54, 1.807) is 26.8 Å². The van der Waals surface area contributed by atoms with Crippen molar-refractivity contribution < 1.29 is 23.9 Å². The largest absolute Gasteiger partial charge is 0.467 e. The molecule has 0 heterocycles. The van der Waals surface area contributed by atoms with Gasteiger partial charge in [0, 0.05) is 5.92 Å². The Labute approximate surface area is 172 Å². The highest BCUT2D eigenvalue weighted by atomic mass is 16.6. The summed E-state index contributed by atoms with van der Waals surface area (Å²) in [5.41, 5.74) is 0.0379. The quantitative estimate of drug-likeness (QED) is 0.489. The molecular weight excluding hydrogens is 372 g/mol. The van der Waals surface area contributed by atoms with Crippen LogP contribution in [0.2, 0.25) is 0 Å². The van der Waals surface area contributed by atoms with Gasteiger partial charge in [-0.2, -0.15) is 0 Å². The fourth-order valence-electron chi connectivity index (χ4n) is 2.68. The van der Waals surface area contributed by atoms with Gasteiger partial charge in [0.25, 0.3) is 0 Å². The lowest BCUT2D eigenvalue weighted by Crippen LogP contribution is -2.54. The van der Waals surface area contributed by atoms with Crippen LogP contribution in [0, 0.1) is 0 Å². The fourth-order valence-corrected chi connectivity index (χ4v) is 2.68. The van der Waals surface area contributed by atoms with E-state index < -0.39 is 41.6 Å². The summed E-state index contributed by atoms with van der Waals surface area (Å²) in [6.07, 6.45) is 2.50. The van der Waals surface area contributed by atoms with Gasteiger partial charge in [-0.15, -0.1) is 13.2 Å². The zero-order chi connectivity index (χ0) is 22.0. The zero-order valence-electron chi connectivity index (χ0n) is 17.4. The van der Waals surface area contributed by atoms with Crippen molar-refractivity contribution in [2.24, 2.45) is 0 Å². The number of amides is 2. The van der Waals surface area contributed by atoms with Crippen LogP contribution in [0.1, 0.15) is 38.7 Å². The number of hydrogen-bond acceptors (Lipinski definition) is 5. The van der Waals surface area contributed by atoms with Crippen LogP contribution in [-0.4, -0.2) is 42.8 Å². The molecule has 0 aromatic heterocycles. The molecule has 3 atom stereocenters. The minimum absolute atomic E-state index is 0.182. The summed E-state index contributed by atoms with van der Waals surface area (Å²) in [5.74, 6) is -1.73. The molecule has 0 radical (unpaired) electrons. The van der Waals surface area contributed by atoms with Crippen molar-refractivity contribution in [3.05, 3.63) is 61.2 Å². The number of alkyl carbamates (subject to hydrolysis) is 1. The predicted molar refractivity (Wildman–Crippen MR) is 111 cm³/mol. The van der Waals surface area contributed by atoms with E-state index >= 15 is 0 Å². The van der Waals surface area contributed by atoms with Crippen LogP contribution in [0.25, 0.3) is 0 Å². The van der Waals surface area contributed by atoms with E-state index in [0.29, 0.717) is 0 Å². The second-order valence-corrected chi connectivity index (χ2v) is 7.40. The maximum absolute atomic E-state index is 13.1. The second kappa shape index (κ2) is 11.0. The smallest absolute Gasteiger partial charge is 0.408 e. The standard InChI is InChI=1S/C22H30N2O5/c1-7-12-17(20(26)28-6)23-19(25)18(24-21(27)29-22(3,4)5)16(8-2)15-13-10-9-11-14-15/h7-11,13-14,16-18H,1-2,12H2,3-6H3,(H,23,25)(H,24,27). The Morgan fingerprint density at radius 1 is 1.10 bits per heavy atom. The van der Waals surface area contributed by atoms with Gasteiger partial charge in [0.2, 0.25) is 5.91 Å². The molecule has 0 aliphatic carbocycles. The Morgan fingerprint density at radius 3 is 2.21 bits per heavy atom. The third-order valence-corrected chi connectivity index (χ3v) is 3.96. The molecule has 0 spiro atoms. The Hall–Kier alpha value is -3.09. The summed E-state index contributed by atoms with van der Waals surface area (Å²) in [4.78, 5) is 37.4. The zero-order valence-corrected chi connectivity index (χ0v) is 17.4. The molecule has 1 aromatic carbocycles. The Balaban J connectivity index is 3.18. The van der Waals surface area contributed by atoms with Crippen LogP contribution in [0.5, 0.6) is 0 Å². The van der Waals surface area contributed by atoms with Crippen LogP contribution in [0.4, 0.5) is 4.79 Å². The Bertz CT molecular complexity index is 724. The number of nitrogens with one attached hydrogen (secondary N) is 2. The predicted octanol–water partition coefficient (Wildman–Crippen LogP) is 3.08. The van der Waals surface area contributed by atoms with Gasteiger partial charge < -0.3 is 20.1 Å². The number of esters is 1. The normalized spacial score (nSPS) is 13.9. The third-order valence-electron chi connectivity index (χ3n) is 3.96. The molecule has 3 unspecified atom stereocenters. The highest BCUT2D eigenvalue weighted by Gasteiger charge is 2.33. The molecule has 7 heteroatoms. The lowest BCUT2D eigenvalue weighted by atomic mass is 9.90. The molecule has 0 fully saturated rings. The molecule has 0 aliphatic rings. The molecule has 0 saturated heterocycles. The van der Waals surface area contributed by atoms with Crippen LogP contribution >= 0.6 is 0 Å². The van der Waals surface area contributed by atoms with Gasteiger partial charge in [-0.1, -0.05) is 42.5 Å². The summed E-state index contributed by atoms with van der Waals surface area (Å²) < 4.78 is 10.0. The van der Waals surface area contributed by atoms with Crippen molar-refractivity contribution in [2.45, 2.75) is 50.8 Å². The molecule has 1 rings (SSSR count). The molecule has 1 aromatic rings. The van der Waals surface area contributed by atoms with E-state index in [4.69, 9.17) is 9.47 Å². The van der Waals surface area contributed by atoms with Crippen LogP contribution in [0.15, 0.2) is 55.6 Å². The number of benzene rings is 1. The fraction of sp³-hybridized carbons (Fsp3) is 0.409. The number of carbonyl (C=O) groups is 3. The van der Waals surface area contributed by atoms with Gasteiger partial charge in [0.05, 0.1) is 7.11 Å². The lowest BCUT2D eigenvalue weighted by Gasteiger charge is -2.28. The molecule has 158 valence electrons. The monoisotopic (exact) mass is 402 g/mol. The van der Waals surface area contributed by atoms with Gasteiger partial charge in [-0.3, -0.25) is 4.79 Å². The SMILES string of the molecule is C=CCC(NC(=O)C(NC(=O)OC(C)(C)C)C(C=C)c1ccccc1)C(=O)OC. The van der Waals surface area contributed by atoms with Crippen molar-refractivity contribution in [3.63, 3.8) is 0 Å². The van der Waals surface area contributed by atoms with E-state index in [-0.39, 0.29) is 6.42 Å². The average molecular weight is 402 g/mol. The van der Waals surface area contributed by atoms with Crippen LogP contribution in [-0.2, 0) is 19.1 Å². The highest BCUT2D eigenvalue weighted by molar-refractivity contribution is 5.90. The number of rotatable bonds is 9. The molecule has 29 heavy (non-hydrogen) atoms. The molecule has 0 saturated carbocycles.